The van der Waals surface area contributed by atoms with E-state index >= 15 is 0 Å². The Morgan fingerprint density at radius 2 is 1.40 bits per heavy atom. The molecule has 0 saturated heterocycles. The molecule has 0 unspecified atom stereocenters. The first-order valence-corrected chi connectivity index (χ1v) is 19.2. The van der Waals surface area contributed by atoms with Crippen LogP contribution in [0.4, 0.5) is 51.3 Å². The quantitative estimate of drug-likeness (QED) is 0.150. The van der Waals surface area contributed by atoms with Crippen molar-refractivity contribution in [2.24, 2.45) is 11.8 Å². The Balaban J connectivity index is 1.80. The molecule has 4 rings (SSSR count). The number of halogens is 9. The Kier molecular flexibility index (Phi) is 13.6. The summed E-state index contributed by atoms with van der Waals surface area (Å²) >= 11 is 0. The highest BCUT2D eigenvalue weighted by atomic mass is 32.2. The lowest BCUT2D eigenvalue weighted by Crippen LogP contribution is -2.35. The van der Waals surface area contributed by atoms with Gasteiger partial charge >= 0.3 is 24.5 Å². The second-order valence-corrected chi connectivity index (χ2v) is 15.8. The van der Waals surface area contributed by atoms with E-state index < -0.39 is 69.2 Å². The van der Waals surface area contributed by atoms with E-state index in [1.807, 2.05) is 0 Å². The Morgan fingerprint density at radius 1 is 0.855 bits per heavy atom. The molecule has 0 aliphatic heterocycles. The molecule has 0 bridgehead atoms. The van der Waals surface area contributed by atoms with Crippen molar-refractivity contribution < 1.29 is 62.6 Å². The molecule has 0 amide bonds. The van der Waals surface area contributed by atoms with Crippen molar-refractivity contribution in [1.29, 1.82) is 0 Å². The molecule has 1 aliphatic rings. The molecule has 3 aromatic rings. The van der Waals surface area contributed by atoms with Crippen molar-refractivity contribution in [2.75, 3.05) is 41.5 Å². The fourth-order valence-electron chi connectivity index (χ4n) is 6.41. The van der Waals surface area contributed by atoms with Gasteiger partial charge in [0.25, 0.3) is 0 Å². The summed E-state index contributed by atoms with van der Waals surface area (Å²) < 4.78 is 154. The number of hydrogen-bond acceptors (Lipinski definition) is 9. The molecular weight excluding hydrogens is 773 g/mol. The zero-order valence-electron chi connectivity index (χ0n) is 30.0. The summed E-state index contributed by atoms with van der Waals surface area (Å²) in [5.74, 6) is -1.51. The van der Waals surface area contributed by atoms with E-state index in [0.717, 1.165) is 29.6 Å². The number of hydrogen-bond donors (Lipinski definition) is 1. The topological polar surface area (TPSA) is 126 Å². The van der Waals surface area contributed by atoms with Gasteiger partial charge < -0.3 is 19.6 Å². The Labute approximate surface area is 311 Å². The molecule has 1 aliphatic carbocycles. The number of carbonyl (C=O) groups is 1. The molecule has 304 valence electrons. The minimum atomic E-state index is -5.19. The number of sulfone groups is 1. The van der Waals surface area contributed by atoms with Crippen LogP contribution in [0.1, 0.15) is 79.8 Å². The second-order valence-electron chi connectivity index (χ2n) is 13.6. The monoisotopic (exact) mass is 813 g/mol. The normalized spacial score (nSPS) is 17.5. The lowest BCUT2D eigenvalue weighted by molar-refractivity contribution is -0.143. The number of alkyl halides is 9. The SMILES string of the molecule is CCN(CC1CCC(CC(=O)O)CC1)c1ncc(C(F)(F)F)cc1CN(c1ncc(OCCS(C)(=O)=O)cn1)[C@H](C)c1cc(C(F)(F)F)cc(C(F)(F)F)c1. The van der Waals surface area contributed by atoms with Crippen LogP contribution >= 0.6 is 0 Å². The van der Waals surface area contributed by atoms with E-state index in [2.05, 4.69) is 15.0 Å². The fraction of sp³-hybridized carbons (Fsp3) is 0.543. The summed E-state index contributed by atoms with van der Waals surface area (Å²) in [6.07, 6.45) is -8.86. The second kappa shape index (κ2) is 17.2. The molecule has 55 heavy (non-hydrogen) atoms. The lowest BCUT2D eigenvalue weighted by Gasteiger charge is -2.35. The Morgan fingerprint density at radius 3 is 1.89 bits per heavy atom. The summed E-state index contributed by atoms with van der Waals surface area (Å²) in [6, 6.07) is 0.384. The number of carboxylic acids is 1. The third-order valence-electron chi connectivity index (χ3n) is 9.35. The summed E-state index contributed by atoms with van der Waals surface area (Å²) in [6.45, 7) is 2.72. The van der Waals surface area contributed by atoms with Crippen molar-refractivity contribution >= 4 is 27.6 Å². The summed E-state index contributed by atoms with van der Waals surface area (Å²) in [5, 5.41) is 9.18. The molecule has 1 fully saturated rings. The van der Waals surface area contributed by atoms with Gasteiger partial charge in [0.05, 0.1) is 47.4 Å². The Hall–Kier alpha value is -4.36. The summed E-state index contributed by atoms with van der Waals surface area (Å²) in [7, 11) is -3.41. The average Bonchev–Trinajstić information content (AvgIpc) is 3.08. The molecule has 0 radical (unpaired) electrons. The van der Waals surface area contributed by atoms with Crippen LogP contribution in [0.2, 0.25) is 0 Å². The molecule has 0 spiro atoms. The van der Waals surface area contributed by atoms with Crippen LogP contribution in [0.5, 0.6) is 5.75 Å². The van der Waals surface area contributed by atoms with Crippen LogP contribution in [0, 0.1) is 11.8 Å². The molecule has 1 atom stereocenters. The van der Waals surface area contributed by atoms with Gasteiger partial charge in [0.1, 0.15) is 12.4 Å². The van der Waals surface area contributed by atoms with Crippen LogP contribution in [0.3, 0.4) is 0 Å². The maximum Gasteiger partial charge on any atom is 0.417 e. The van der Waals surface area contributed by atoms with Gasteiger partial charge in [-0.2, -0.15) is 39.5 Å². The van der Waals surface area contributed by atoms with Gasteiger partial charge in [-0.1, -0.05) is 0 Å². The molecule has 1 N–H and O–H groups in total. The van der Waals surface area contributed by atoms with Crippen LogP contribution in [0.25, 0.3) is 0 Å². The highest BCUT2D eigenvalue weighted by Crippen LogP contribution is 2.40. The zero-order chi connectivity index (χ0) is 40.9. The molecule has 20 heteroatoms. The summed E-state index contributed by atoms with van der Waals surface area (Å²) in [4.78, 5) is 26.6. The number of benzene rings is 1. The first kappa shape index (κ1) is 43.4. The van der Waals surface area contributed by atoms with E-state index in [9.17, 15) is 57.8 Å². The lowest BCUT2D eigenvalue weighted by atomic mass is 9.80. The average molecular weight is 814 g/mol. The highest BCUT2D eigenvalue weighted by molar-refractivity contribution is 7.90. The van der Waals surface area contributed by atoms with Crippen LogP contribution in [-0.2, 0) is 39.7 Å². The number of anilines is 2. The van der Waals surface area contributed by atoms with Gasteiger partial charge in [-0.15, -0.1) is 0 Å². The third-order valence-corrected chi connectivity index (χ3v) is 10.3. The highest BCUT2D eigenvalue weighted by Gasteiger charge is 2.39. The van der Waals surface area contributed by atoms with Gasteiger partial charge in [-0.25, -0.2) is 23.4 Å². The zero-order valence-corrected chi connectivity index (χ0v) is 30.8. The number of rotatable bonds is 15. The predicted molar refractivity (Wildman–Crippen MR) is 183 cm³/mol. The molecule has 2 aromatic heterocycles. The van der Waals surface area contributed by atoms with Gasteiger partial charge in [0.15, 0.2) is 15.6 Å². The number of aromatic nitrogens is 3. The molecule has 10 nitrogen and oxygen atoms in total. The number of ether oxygens (including phenoxy) is 1. The van der Waals surface area contributed by atoms with Crippen molar-refractivity contribution in [3.05, 3.63) is 70.7 Å². The number of carboxylic acid groups (broad SMARTS) is 1. The minimum Gasteiger partial charge on any atom is -0.489 e. The predicted octanol–water partition coefficient (Wildman–Crippen LogP) is 8.23. The minimum absolute atomic E-state index is 0.0104. The largest absolute Gasteiger partial charge is 0.489 e. The van der Waals surface area contributed by atoms with E-state index in [1.54, 1.807) is 11.8 Å². The van der Waals surface area contributed by atoms with Gasteiger partial charge in [-0.05, 0) is 81.2 Å². The molecule has 1 saturated carbocycles. The number of nitrogens with zero attached hydrogens (tertiary/aromatic N) is 5. The van der Waals surface area contributed by atoms with E-state index in [0.29, 0.717) is 50.6 Å². The molecule has 1 aromatic carbocycles. The third kappa shape index (κ3) is 12.3. The maximum absolute atomic E-state index is 14.1. The van der Waals surface area contributed by atoms with Crippen molar-refractivity contribution in [2.45, 2.75) is 77.1 Å². The first-order valence-electron chi connectivity index (χ1n) is 17.2. The first-order chi connectivity index (χ1) is 25.4. The van der Waals surface area contributed by atoms with Crippen molar-refractivity contribution in [3.8, 4) is 5.75 Å². The molecule has 2 heterocycles. The van der Waals surface area contributed by atoms with Gasteiger partial charge in [0.2, 0.25) is 5.95 Å². The smallest absolute Gasteiger partial charge is 0.417 e. The van der Waals surface area contributed by atoms with Crippen molar-refractivity contribution in [1.82, 2.24) is 15.0 Å². The fourth-order valence-corrected chi connectivity index (χ4v) is 6.80. The van der Waals surface area contributed by atoms with Gasteiger partial charge in [0, 0.05) is 37.5 Å². The summed E-state index contributed by atoms with van der Waals surface area (Å²) in [5.41, 5.74) is -4.93. The number of pyridine rings is 1. The van der Waals surface area contributed by atoms with E-state index in [4.69, 9.17) is 4.74 Å². The Bertz CT molecular complexity index is 1850. The van der Waals surface area contributed by atoms with Crippen LogP contribution < -0.4 is 14.5 Å². The van der Waals surface area contributed by atoms with Crippen LogP contribution in [-0.4, -0.2) is 66.2 Å². The van der Waals surface area contributed by atoms with Crippen molar-refractivity contribution in [3.63, 3.8) is 0 Å². The maximum atomic E-state index is 14.1. The number of aliphatic carboxylic acids is 1. The van der Waals surface area contributed by atoms with E-state index in [-0.39, 0.29) is 66.3 Å². The van der Waals surface area contributed by atoms with Crippen LogP contribution in [0.15, 0.2) is 42.9 Å². The molecular formula is C35H40F9N5O5S. The van der Waals surface area contributed by atoms with Gasteiger partial charge in [-0.3, -0.25) is 4.79 Å². The standard InChI is InChI=1S/C35H40F9N5O5S/c1-4-48(19-23-7-5-22(6-8-23)11-30(50)51)31-25(14-28(16-45-31)35(42,43)44)20-49(32-46-17-29(18-47-32)54-9-10-55(3,52)53)21(2)24-12-26(33(36,37)38)15-27(13-24)34(39,40)41/h12-18,21-23H,4-11,19-20H2,1-3H3,(H,50,51)/t21-,22?,23?/m1/s1. The van der Waals surface area contributed by atoms with E-state index in [1.165, 1.54) is 6.92 Å².